The second-order valence-electron chi connectivity index (χ2n) is 3.88. The highest BCUT2D eigenvalue weighted by Crippen LogP contribution is 1.99. The lowest BCUT2D eigenvalue weighted by molar-refractivity contribution is -0.141. The molecule has 0 aliphatic heterocycles. The van der Waals surface area contributed by atoms with Gasteiger partial charge >= 0.3 is 5.97 Å². The molecule has 7 heteroatoms. The first-order valence-corrected chi connectivity index (χ1v) is 5.80. The number of terminal acetylenes is 1. The molecule has 2 amide bonds. The van der Waals surface area contributed by atoms with Crippen LogP contribution in [0.2, 0.25) is 0 Å². The number of rotatable bonds is 7. The highest BCUT2D eigenvalue weighted by molar-refractivity contribution is 5.94. The fourth-order valence-electron chi connectivity index (χ4n) is 1.37. The SMILES string of the molecule is C#CCC(NC(=O)CCNC(=O)c1ccoc1)C(=O)O. The van der Waals surface area contributed by atoms with E-state index in [4.69, 9.17) is 15.9 Å². The predicted molar refractivity (Wildman–Crippen MR) is 68.7 cm³/mol. The molecule has 20 heavy (non-hydrogen) atoms. The Morgan fingerprint density at radius 1 is 1.45 bits per heavy atom. The van der Waals surface area contributed by atoms with E-state index in [1.807, 2.05) is 0 Å². The van der Waals surface area contributed by atoms with Gasteiger partial charge in [-0.2, -0.15) is 0 Å². The van der Waals surface area contributed by atoms with Crippen LogP contribution in [0.15, 0.2) is 23.0 Å². The molecular weight excluding hydrogens is 264 g/mol. The lowest BCUT2D eigenvalue weighted by Crippen LogP contribution is -2.41. The van der Waals surface area contributed by atoms with Crippen LogP contribution in [0, 0.1) is 12.3 Å². The van der Waals surface area contributed by atoms with E-state index in [1.54, 1.807) is 0 Å². The summed E-state index contributed by atoms with van der Waals surface area (Å²) in [4.78, 5) is 33.8. The molecule has 0 fully saturated rings. The maximum absolute atomic E-state index is 11.5. The molecule has 1 rings (SSSR count). The summed E-state index contributed by atoms with van der Waals surface area (Å²) in [6.45, 7) is 0.0816. The first-order valence-electron chi connectivity index (χ1n) is 5.80. The minimum Gasteiger partial charge on any atom is -0.480 e. The van der Waals surface area contributed by atoms with Crippen molar-refractivity contribution in [1.82, 2.24) is 10.6 Å². The Bertz CT molecular complexity index is 515. The van der Waals surface area contributed by atoms with E-state index in [1.165, 1.54) is 18.6 Å². The summed E-state index contributed by atoms with van der Waals surface area (Å²) in [5.74, 6) is 0.106. The van der Waals surface area contributed by atoms with Crippen LogP contribution < -0.4 is 10.6 Å². The molecule has 1 heterocycles. The van der Waals surface area contributed by atoms with Gasteiger partial charge in [-0.1, -0.05) is 0 Å². The van der Waals surface area contributed by atoms with Crippen LogP contribution >= 0.6 is 0 Å². The second kappa shape index (κ2) is 7.63. The standard InChI is InChI=1S/C13H14N2O5/c1-2-3-10(13(18)19)15-11(16)4-6-14-12(17)9-5-7-20-8-9/h1,5,7-8,10H,3-4,6H2,(H,14,17)(H,15,16)(H,18,19). The lowest BCUT2D eigenvalue weighted by Gasteiger charge is -2.11. The minimum atomic E-state index is -1.20. The molecule has 0 saturated carbocycles. The zero-order chi connectivity index (χ0) is 15.0. The van der Waals surface area contributed by atoms with Crippen molar-refractivity contribution in [3.05, 3.63) is 24.2 Å². The Labute approximate surface area is 115 Å². The van der Waals surface area contributed by atoms with Crippen molar-refractivity contribution in [1.29, 1.82) is 0 Å². The summed E-state index contributed by atoms with van der Waals surface area (Å²) in [6.07, 6.45) is 7.51. The number of hydrogen-bond donors (Lipinski definition) is 3. The van der Waals surface area contributed by atoms with Gasteiger partial charge in [-0.25, -0.2) is 4.79 Å². The van der Waals surface area contributed by atoms with Gasteiger partial charge in [0.2, 0.25) is 5.91 Å². The van der Waals surface area contributed by atoms with E-state index >= 15 is 0 Å². The Morgan fingerprint density at radius 3 is 2.75 bits per heavy atom. The molecule has 0 bridgehead atoms. The number of carboxylic acid groups (broad SMARTS) is 1. The molecule has 0 aliphatic rings. The summed E-state index contributed by atoms with van der Waals surface area (Å²) in [7, 11) is 0. The highest BCUT2D eigenvalue weighted by Gasteiger charge is 2.18. The monoisotopic (exact) mass is 278 g/mol. The van der Waals surface area contributed by atoms with Gasteiger partial charge in [0.05, 0.1) is 11.8 Å². The summed E-state index contributed by atoms with van der Waals surface area (Å²) < 4.78 is 4.74. The average molecular weight is 278 g/mol. The van der Waals surface area contributed by atoms with Gasteiger partial charge in [0, 0.05) is 19.4 Å². The number of carbonyl (C=O) groups excluding carboxylic acids is 2. The Hall–Kier alpha value is -2.75. The molecule has 1 atom stereocenters. The maximum Gasteiger partial charge on any atom is 0.327 e. The number of amides is 2. The number of nitrogens with one attached hydrogen (secondary N) is 2. The largest absolute Gasteiger partial charge is 0.480 e. The number of furan rings is 1. The van der Waals surface area contributed by atoms with Gasteiger partial charge in [0.25, 0.3) is 5.91 Å². The average Bonchev–Trinajstić information content (AvgIpc) is 2.91. The van der Waals surface area contributed by atoms with Crippen molar-refractivity contribution in [2.75, 3.05) is 6.54 Å². The van der Waals surface area contributed by atoms with E-state index in [0.717, 1.165) is 0 Å². The number of carboxylic acids is 1. The summed E-state index contributed by atoms with van der Waals surface area (Å²) in [5.41, 5.74) is 0.348. The number of aliphatic carboxylic acids is 1. The minimum absolute atomic E-state index is 0.0437. The summed E-state index contributed by atoms with van der Waals surface area (Å²) in [6, 6.07) is 0.375. The van der Waals surface area contributed by atoms with Crippen molar-refractivity contribution in [3.63, 3.8) is 0 Å². The molecule has 0 aliphatic carbocycles. The molecule has 0 radical (unpaired) electrons. The number of hydrogen-bond acceptors (Lipinski definition) is 4. The Kier molecular flexibility index (Phi) is 5.84. The van der Waals surface area contributed by atoms with E-state index in [2.05, 4.69) is 16.6 Å². The third kappa shape index (κ3) is 4.86. The third-order valence-electron chi connectivity index (χ3n) is 2.38. The van der Waals surface area contributed by atoms with Gasteiger partial charge < -0.3 is 20.2 Å². The van der Waals surface area contributed by atoms with Crippen LogP contribution in [-0.2, 0) is 9.59 Å². The zero-order valence-corrected chi connectivity index (χ0v) is 10.6. The molecule has 0 aromatic carbocycles. The molecule has 1 aromatic rings. The highest BCUT2D eigenvalue weighted by atomic mass is 16.4. The van der Waals surface area contributed by atoms with Crippen LogP contribution in [-0.4, -0.2) is 35.5 Å². The quantitative estimate of drug-likeness (QED) is 0.608. The second-order valence-corrected chi connectivity index (χ2v) is 3.88. The van der Waals surface area contributed by atoms with Gasteiger partial charge in [-0.3, -0.25) is 9.59 Å². The van der Waals surface area contributed by atoms with Crippen molar-refractivity contribution >= 4 is 17.8 Å². The van der Waals surface area contributed by atoms with Crippen molar-refractivity contribution < 1.29 is 23.9 Å². The van der Waals surface area contributed by atoms with E-state index in [9.17, 15) is 14.4 Å². The fraction of sp³-hybridized carbons (Fsp3) is 0.308. The van der Waals surface area contributed by atoms with Crippen molar-refractivity contribution in [2.45, 2.75) is 18.9 Å². The van der Waals surface area contributed by atoms with Gasteiger partial charge in [-0.15, -0.1) is 12.3 Å². The molecule has 7 nitrogen and oxygen atoms in total. The molecule has 1 aromatic heterocycles. The van der Waals surface area contributed by atoms with Gasteiger partial charge in [0.1, 0.15) is 12.3 Å². The Balaban J connectivity index is 2.31. The third-order valence-corrected chi connectivity index (χ3v) is 2.38. The van der Waals surface area contributed by atoms with Crippen LogP contribution in [0.1, 0.15) is 23.2 Å². The molecular formula is C13H14N2O5. The van der Waals surface area contributed by atoms with Crippen LogP contribution in [0.5, 0.6) is 0 Å². The van der Waals surface area contributed by atoms with E-state index in [-0.39, 0.29) is 25.3 Å². The predicted octanol–water partition coefficient (Wildman–Crippen LogP) is -0.00780. The van der Waals surface area contributed by atoms with Crippen molar-refractivity contribution in [2.24, 2.45) is 0 Å². The fourth-order valence-corrected chi connectivity index (χ4v) is 1.37. The smallest absolute Gasteiger partial charge is 0.327 e. The Morgan fingerprint density at radius 2 is 2.20 bits per heavy atom. The molecule has 0 spiro atoms. The zero-order valence-electron chi connectivity index (χ0n) is 10.6. The lowest BCUT2D eigenvalue weighted by atomic mass is 10.2. The first kappa shape index (κ1) is 15.3. The molecule has 106 valence electrons. The van der Waals surface area contributed by atoms with E-state index in [0.29, 0.717) is 5.56 Å². The first-order chi connectivity index (χ1) is 9.54. The molecule has 0 saturated heterocycles. The van der Waals surface area contributed by atoms with Crippen molar-refractivity contribution in [3.8, 4) is 12.3 Å². The summed E-state index contributed by atoms with van der Waals surface area (Å²) >= 11 is 0. The maximum atomic E-state index is 11.5. The van der Waals surface area contributed by atoms with Gasteiger partial charge in [-0.05, 0) is 6.07 Å². The number of carbonyl (C=O) groups is 3. The van der Waals surface area contributed by atoms with Gasteiger partial charge in [0.15, 0.2) is 0 Å². The van der Waals surface area contributed by atoms with E-state index < -0.39 is 17.9 Å². The topological polar surface area (TPSA) is 109 Å². The normalized spacial score (nSPS) is 11.2. The molecule has 1 unspecified atom stereocenters. The van der Waals surface area contributed by atoms with Crippen LogP contribution in [0.3, 0.4) is 0 Å². The van der Waals surface area contributed by atoms with Crippen LogP contribution in [0.25, 0.3) is 0 Å². The summed E-state index contributed by atoms with van der Waals surface area (Å²) in [5, 5.41) is 13.6. The molecule has 3 N–H and O–H groups in total. The van der Waals surface area contributed by atoms with Crippen LogP contribution in [0.4, 0.5) is 0 Å².